The van der Waals surface area contributed by atoms with Crippen molar-refractivity contribution in [2.75, 3.05) is 25.1 Å². The summed E-state index contributed by atoms with van der Waals surface area (Å²) in [4.78, 5) is 27.8. The summed E-state index contributed by atoms with van der Waals surface area (Å²) in [5.74, 6) is 2.77. The Hall–Kier alpha value is -3.42. The fraction of sp³-hybridized carbons (Fsp3) is 0.364. The predicted octanol–water partition coefficient (Wildman–Crippen LogP) is 2.84. The maximum atomic E-state index is 12.5. The summed E-state index contributed by atoms with van der Waals surface area (Å²) in [6.45, 7) is 4.66. The summed E-state index contributed by atoms with van der Waals surface area (Å²) in [5.41, 5.74) is 1.29. The maximum absolute atomic E-state index is 12.5. The molecule has 3 heterocycles. The second-order valence-corrected chi connectivity index (χ2v) is 7.63. The fourth-order valence-corrected chi connectivity index (χ4v) is 3.67. The van der Waals surface area contributed by atoms with Crippen LogP contribution in [0, 0.1) is 5.92 Å². The minimum Gasteiger partial charge on any atom is -0.497 e. The number of imidazole rings is 1. The molecule has 3 aromatic rings. The molecule has 0 bridgehead atoms. The van der Waals surface area contributed by atoms with Gasteiger partial charge in [-0.05, 0) is 36.5 Å². The molecule has 156 valence electrons. The van der Waals surface area contributed by atoms with Crippen molar-refractivity contribution in [1.82, 2.24) is 24.8 Å². The van der Waals surface area contributed by atoms with Crippen molar-refractivity contribution >= 4 is 11.7 Å². The van der Waals surface area contributed by atoms with Crippen molar-refractivity contribution in [3.63, 3.8) is 0 Å². The van der Waals surface area contributed by atoms with Gasteiger partial charge in [0.15, 0.2) is 0 Å². The van der Waals surface area contributed by atoms with Gasteiger partial charge in [0.2, 0.25) is 0 Å². The van der Waals surface area contributed by atoms with E-state index in [1.54, 1.807) is 30.5 Å². The van der Waals surface area contributed by atoms with Gasteiger partial charge in [-0.25, -0.2) is 15.0 Å². The van der Waals surface area contributed by atoms with Crippen LogP contribution in [0.15, 0.2) is 49.2 Å². The van der Waals surface area contributed by atoms with Gasteiger partial charge < -0.3 is 15.0 Å². The number of ether oxygens (including phenoxy) is 1. The molecule has 4 rings (SSSR count). The van der Waals surface area contributed by atoms with E-state index >= 15 is 0 Å². The Balaban J connectivity index is 1.43. The van der Waals surface area contributed by atoms with Gasteiger partial charge in [-0.15, -0.1) is 0 Å². The standard InChI is InChI=1S/C22H26N6O2/c1-16-5-4-8-27(12-16)20-10-21(25-14-24-20)28-13-19(26-15-28)22(29)23-11-17-6-3-7-18(9-17)30-2/h3,6-7,9-10,13-16H,4-5,8,11-12H2,1-2H3,(H,23,29)/t16-/m1/s1. The van der Waals surface area contributed by atoms with Crippen LogP contribution in [0.5, 0.6) is 5.75 Å². The van der Waals surface area contributed by atoms with Gasteiger partial charge >= 0.3 is 0 Å². The van der Waals surface area contributed by atoms with Crippen LogP contribution < -0.4 is 15.0 Å². The fourth-order valence-electron chi connectivity index (χ4n) is 3.67. The van der Waals surface area contributed by atoms with Gasteiger partial charge in [0.1, 0.15) is 35.7 Å². The Morgan fingerprint density at radius 3 is 2.93 bits per heavy atom. The first-order chi connectivity index (χ1) is 14.6. The molecule has 0 aliphatic carbocycles. The predicted molar refractivity (Wildman–Crippen MR) is 114 cm³/mol. The van der Waals surface area contributed by atoms with Crippen molar-refractivity contribution in [2.24, 2.45) is 5.92 Å². The number of anilines is 1. The quantitative estimate of drug-likeness (QED) is 0.678. The van der Waals surface area contributed by atoms with Gasteiger partial charge in [-0.1, -0.05) is 19.1 Å². The number of hydrogen-bond acceptors (Lipinski definition) is 6. The van der Waals surface area contributed by atoms with Crippen LogP contribution in [0.3, 0.4) is 0 Å². The number of benzene rings is 1. The highest BCUT2D eigenvalue weighted by Crippen LogP contribution is 2.22. The zero-order valence-electron chi connectivity index (χ0n) is 17.3. The Bertz CT molecular complexity index is 1020. The SMILES string of the molecule is COc1cccc(CNC(=O)c2cn(-c3cc(N4CCC[C@@H](C)C4)ncn3)cn2)c1. The van der Waals surface area contributed by atoms with E-state index in [0.29, 0.717) is 24.0 Å². The lowest BCUT2D eigenvalue weighted by atomic mass is 10.0. The average molecular weight is 406 g/mol. The summed E-state index contributed by atoms with van der Waals surface area (Å²) in [6.07, 6.45) is 7.27. The maximum Gasteiger partial charge on any atom is 0.271 e. The van der Waals surface area contributed by atoms with E-state index in [0.717, 1.165) is 30.2 Å². The normalized spacial score (nSPS) is 16.3. The van der Waals surface area contributed by atoms with E-state index in [1.807, 2.05) is 30.3 Å². The van der Waals surface area contributed by atoms with E-state index < -0.39 is 0 Å². The monoisotopic (exact) mass is 406 g/mol. The molecule has 1 aliphatic rings. The smallest absolute Gasteiger partial charge is 0.271 e. The third kappa shape index (κ3) is 4.59. The molecule has 1 fully saturated rings. The van der Waals surface area contributed by atoms with Gasteiger partial charge in [0.05, 0.1) is 7.11 Å². The highest BCUT2D eigenvalue weighted by atomic mass is 16.5. The number of amides is 1. The Kier molecular flexibility index (Phi) is 5.92. The van der Waals surface area contributed by atoms with Crippen LogP contribution >= 0.6 is 0 Å². The third-order valence-electron chi connectivity index (χ3n) is 5.29. The van der Waals surface area contributed by atoms with Crippen LogP contribution in [0.4, 0.5) is 5.82 Å². The molecule has 0 saturated carbocycles. The van der Waals surface area contributed by atoms with E-state index in [1.165, 1.54) is 12.8 Å². The van der Waals surface area contributed by atoms with E-state index in [4.69, 9.17) is 4.74 Å². The second-order valence-electron chi connectivity index (χ2n) is 7.63. The van der Waals surface area contributed by atoms with Crippen LogP contribution in [-0.4, -0.2) is 45.6 Å². The molecule has 1 saturated heterocycles. The second kappa shape index (κ2) is 8.94. The third-order valence-corrected chi connectivity index (χ3v) is 5.29. The van der Waals surface area contributed by atoms with E-state index in [-0.39, 0.29) is 5.91 Å². The summed E-state index contributed by atoms with van der Waals surface area (Å²) in [5, 5.41) is 2.89. The Morgan fingerprint density at radius 1 is 1.23 bits per heavy atom. The zero-order chi connectivity index (χ0) is 20.9. The molecule has 30 heavy (non-hydrogen) atoms. The molecular formula is C22H26N6O2. The minimum atomic E-state index is -0.240. The summed E-state index contributed by atoms with van der Waals surface area (Å²) >= 11 is 0. The number of rotatable bonds is 6. The highest BCUT2D eigenvalue weighted by Gasteiger charge is 2.18. The first-order valence-electron chi connectivity index (χ1n) is 10.1. The molecule has 8 nitrogen and oxygen atoms in total. The topological polar surface area (TPSA) is 85.2 Å². The number of nitrogens with one attached hydrogen (secondary N) is 1. The number of piperidine rings is 1. The summed E-state index contributed by atoms with van der Waals surface area (Å²) < 4.78 is 6.96. The molecule has 0 radical (unpaired) electrons. The highest BCUT2D eigenvalue weighted by molar-refractivity contribution is 5.92. The van der Waals surface area contributed by atoms with E-state index in [9.17, 15) is 4.79 Å². The number of hydrogen-bond donors (Lipinski definition) is 1. The van der Waals surface area contributed by atoms with Crippen LogP contribution in [0.1, 0.15) is 35.8 Å². The zero-order valence-corrected chi connectivity index (χ0v) is 17.3. The van der Waals surface area contributed by atoms with Gasteiger partial charge in [-0.2, -0.15) is 0 Å². The molecule has 2 aromatic heterocycles. The van der Waals surface area contributed by atoms with Crippen LogP contribution in [0.25, 0.3) is 5.82 Å². The lowest BCUT2D eigenvalue weighted by Gasteiger charge is -2.31. The molecule has 1 N–H and O–H groups in total. The summed E-state index contributed by atoms with van der Waals surface area (Å²) in [6, 6.07) is 9.53. The molecule has 1 aromatic carbocycles. The number of carbonyl (C=O) groups is 1. The van der Waals surface area contributed by atoms with Crippen molar-refractivity contribution in [3.8, 4) is 11.6 Å². The summed E-state index contributed by atoms with van der Waals surface area (Å²) in [7, 11) is 1.62. The molecule has 0 unspecified atom stereocenters. The van der Waals surface area contributed by atoms with Gasteiger partial charge in [0, 0.05) is 31.9 Å². The van der Waals surface area contributed by atoms with Crippen molar-refractivity contribution in [3.05, 3.63) is 60.4 Å². The van der Waals surface area contributed by atoms with Crippen molar-refractivity contribution in [2.45, 2.75) is 26.3 Å². The van der Waals surface area contributed by atoms with Crippen LogP contribution in [0.2, 0.25) is 0 Å². The Morgan fingerprint density at radius 2 is 2.10 bits per heavy atom. The average Bonchev–Trinajstić information content (AvgIpc) is 3.28. The molecule has 1 atom stereocenters. The number of nitrogens with zero attached hydrogens (tertiary/aromatic N) is 5. The molecule has 8 heteroatoms. The van der Waals surface area contributed by atoms with Crippen LogP contribution in [-0.2, 0) is 6.54 Å². The number of aromatic nitrogens is 4. The van der Waals surface area contributed by atoms with Gasteiger partial charge in [-0.3, -0.25) is 9.36 Å². The largest absolute Gasteiger partial charge is 0.497 e. The number of methoxy groups -OCH3 is 1. The van der Waals surface area contributed by atoms with Gasteiger partial charge in [0.25, 0.3) is 5.91 Å². The first-order valence-corrected chi connectivity index (χ1v) is 10.1. The lowest BCUT2D eigenvalue weighted by Crippen LogP contribution is -2.34. The van der Waals surface area contributed by atoms with Crippen molar-refractivity contribution in [1.29, 1.82) is 0 Å². The lowest BCUT2D eigenvalue weighted by molar-refractivity contribution is 0.0946. The minimum absolute atomic E-state index is 0.240. The van der Waals surface area contributed by atoms with E-state index in [2.05, 4.69) is 32.1 Å². The molecule has 1 amide bonds. The first kappa shape index (κ1) is 19.9. The Labute approximate surface area is 175 Å². The molecule has 0 spiro atoms. The van der Waals surface area contributed by atoms with Crippen molar-refractivity contribution < 1.29 is 9.53 Å². The number of carbonyl (C=O) groups excluding carboxylic acids is 1. The molecule has 1 aliphatic heterocycles. The molecular weight excluding hydrogens is 380 g/mol.